The van der Waals surface area contributed by atoms with Gasteiger partial charge in [0.15, 0.2) is 0 Å². The number of nitrogens with zero attached hydrogens (tertiary/aromatic N) is 2. The Morgan fingerprint density at radius 3 is 2.92 bits per heavy atom. The molecule has 7 heteroatoms. The number of aromatic nitrogens is 2. The van der Waals surface area contributed by atoms with Crippen LogP contribution in [0.5, 0.6) is 0 Å². The van der Waals surface area contributed by atoms with Gasteiger partial charge in [0.2, 0.25) is 0 Å². The van der Waals surface area contributed by atoms with E-state index in [4.69, 9.17) is 16.3 Å². The summed E-state index contributed by atoms with van der Waals surface area (Å²) in [6.07, 6.45) is 2.57. The van der Waals surface area contributed by atoms with Gasteiger partial charge in [0, 0.05) is 37.6 Å². The van der Waals surface area contributed by atoms with Crippen LogP contribution in [-0.2, 0) is 4.74 Å². The Morgan fingerprint density at radius 1 is 1.46 bits per heavy atom. The standard InChI is InChI=1S/C17H20ClN3O3/c1-12-15(10-20-21(12)14-4-2-3-13(18)9-14)16(22)19-11-17(23)5-7-24-8-6-17/h2-4,9-10,23H,5-8,11H2,1H3,(H,19,22). The topological polar surface area (TPSA) is 76.4 Å². The van der Waals surface area contributed by atoms with E-state index in [1.165, 1.54) is 6.20 Å². The summed E-state index contributed by atoms with van der Waals surface area (Å²) in [5, 5.41) is 18.1. The molecule has 1 amide bonds. The van der Waals surface area contributed by atoms with Crippen LogP contribution in [0.2, 0.25) is 5.02 Å². The first-order chi connectivity index (χ1) is 11.5. The molecule has 1 aromatic carbocycles. The molecule has 1 aliphatic rings. The van der Waals surface area contributed by atoms with Crippen molar-refractivity contribution in [1.29, 1.82) is 0 Å². The molecular weight excluding hydrogens is 330 g/mol. The molecule has 0 radical (unpaired) electrons. The van der Waals surface area contributed by atoms with E-state index >= 15 is 0 Å². The second kappa shape index (κ2) is 6.93. The predicted octanol–water partition coefficient (Wildman–Crippen LogP) is 2.11. The lowest BCUT2D eigenvalue weighted by Gasteiger charge is -2.32. The van der Waals surface area contributed by atoms with Crippen LogP contribution in [0.1, 0.15) is 28.9 Å². The number of carbonyl (C=O) groups excluding carboxylic acids is 1. The van der Waals surface area contributed by atoms with Crippen molar-refractivity contribution in [3.63, 3.8) is 0 Å². The van der Waals surface area contributed by atoms with E-state index in [0.717, 1.165) is 5.69 Å². The number of amides is 1. The Hall–Kier alpha value is -1.89. The van der Waals surface area contributed by atoms with Gasteiger partial charge < -0.3 is 15.2 Å². The van der Waals surface area contributed by atoms with Crippen LogP contribution >= 0.6 is 11.6 Å². The maximum Gasteiger partial charge on any atom is 0.254 e. The summed E-state index contributed by atoms with van der Waals surface area (Å²) >= 11 is 6.01. The van der Waals surface area contributed by atoms with Crippen molar-refractivity contribution in [2.45, 2.75) is 25.4 Å². The molecule has 3 rings (SSSR count). The van der Waals surface area contributed by atoms with Crippen LogP contribution in [-0.4, -0.2) is 46.2 Å². The maximum absolute atomic E-state index is 12.4. The fraction of sp³-hybridized carbons (Fsp3) is 0.412. The highest BCUT2D eigenvalue weighted by molar-refractivity contribution is 6.30. The van der Waals surface area contributed by atoms with Gasteiger partial charge in [-0.3, -0.25) is 4.79 Å². The molecule has 2 heterocycles. The Kier molecular flexibility index (Phi) is 4.89. The van der Waals surface area contributed by atoms with Crippen LogP contribution in [0.3, 0.4) is 0 Å². The molecule has 0 bridgehead atoms. The van der Waals surface area contributed by atoms with E-state index in [1.54, 1.807) is 16.8 Å². The zero-order valence-corrected chi connectivity index (χ0v) is 14.2. The number of nitrogens with one attached hydrogen (secondary N) is 1. The minimum atomic E-state index is -0.898. The quantitative estimate of drug-likeness (QED) is 0.886. The van der Waals surface area contributed by atoms with Crippen LogP contribution < -0.4 is 5.32 Å². The molecule has 6 nitrogen and oxygen atoms in total. The van der Waals surface area contributed by atoms with E-state index < -0.39 is 5.60 Å². The molecule has 0 aliphatic carbocycles. The largest absolute Gasteiger partial charge is 0.388 e. The van der Waals surface area contributed by atoms with Crippen molar-refractivity contribution >= 4 is 17.5 Å². The molecule has 2 aromatic rings. The summed E-state index contributed by atoms with van der Waals surface area (Å²) in [7, 11) is 0. The lowest BCUT2D eigenvalue weighted by molar-refractivity contribution is -0.0605. The summed E-state index contributed by atoms with van der Waals surface area (Å²) in [5.74, 6) is -0.249. The van der Waals surface area contributed by atoms with Gasteiger partial charge in [-0.05, 0) is 25.1 Å². The number of ether oxygens (including phenoxy) is 1. The smallest absolute Gasteiger partial charge is 0.254 e. The number of halogens is 1. The van der Waals surface area contributed by atoms with Gasteiger partial charge in [0.1, 0.15) is 0 Å². The van der Waals surface area contributed by atoms with Gasteiger partial charge in [-0.25, -0.2) is 4.68 Å². The van der Waals surface area contributed by atoms with E-state index in [2.05, 4.69) is 10.4 Å². The number of rotatable bonds is 4. The summed E-state index contributed by atoms with van der Waals surface area (Å²) in [4.78, 5) is 12.4. The van der Waals surface area contributed by atoms with Crippen molar-refractivity contribution in [3.8, 4) is 5.69 Å². The molecule has 128 valence electrons. The monoisotopic (exact) mass is 349 g/mol. The van der Waals surface area contributed by atoms with Gasteiger partial charge >= 0.3 is 0 Å². The Labute approximate surface area is 145 Å². The number of hydrogen-bond acceptors (Lipinski definition) is 4. The zero-order chi connectivity index (χ0) is 17.2. The van der Waals surface area contributed by atoms with Crippen molar-refractivity contribution in [2.24, 2.45) is 0 Å². The summed E-state index contributed by atoms with van der Waals surface area (Å²) in [5.41, 5.74) is 1.09. The maximum atomic E-state index is 12.4. The average Bonchev–Trinajstić information content (AvgIpc) is 2.95. The van der Waals surface area contributed by atoms with Crippen molar-refractivity contribution < 1.29 is 14.6 Å². The number of aliphatic hydroxyl groups is 1. The predicted molar refractivity (Wildman–Crippen MR) is 90.6 cm³/mol. The van der Waals surface area contributed by atoms with Crippen LogP contribution in [0.4, 0.5) is 0 Å². The first-order valence-electron chi connectivity index (χ1n) is 7.87. The highest BCUT2D eigenvalue weighted by Gasteiger charge is 2.30. The fourth-order valence-electron chi connectivity index (χ4n) is 2.77. The van der Waals surface area contributed by atoms with E-state index in [-0.39, 0.29) is 12.5 Å². The van der Waals surface area contributed by atoms with Gasteiger partial charge in [-0.15, -0.1) is 0 Å². The minimum Gasteiger partial charge on any atom is -0.388 e. The van der Waals surface area contributed by atoms with E-state index in [9.17, 15) is 9.90 Å². The van der Waals surface area contributed by atoms with Gasteiger partial charge in [0.05, 0.1) is 28.7 Å². The Balaban J connectivity index is 1.72. The molecular formula is C17H20ClN3O3. The molecule has 2 N–H and O–H groups in total. The fourth-order valence-corrected chi connectivity index (χ4v) is 2.95. The number of hydrogen-bond donors (Lipinski definition) is 2. The summed E-state index contributed by atoms with van der Waals surface area (Å²) in [6.45, 7) is 3.05. The molecule has 1 aromatic heterocycles. The summed E-state index contributed by atoms with van der Waals surface area (Å²) < 4.78 is 6.91. The van der Waals surface area contributed by atoms with E-state index in [0.29, 0.717) is 42.3 Å². The van der Waals surface area contributed by atoms with Crippen molar-refractivity contribution in [3.05, 3.63) is 46.7 Å². The minimum absolute atomic E-state index is 0.205. The summed E-state index contributed by atoms with van der Waals surface area (Å²) in [6, 6.07) is 7.28. The lowest BCUT2D eigenvalue weighted by Crippen LogP contribution is -2.46. The third-order valence-electron chi connectivity index (χ3n) is 4.31. The van der Waals surface area contributed by atoms with Gasteiger partial charge in [-0.1, -0.05) is 17.7 Å². The average molecular weight is 350 g/mol. The Morgan fingerprint density at radius 2 is 2.21 bits per heavy atom. The lowest BCUT2D eigenvalue weighted by atomic mass is 9.94. The second-order valence-corrected chi connectivity index (χ2v) is 6.49. The van der Waals surface area contributed by atoms with Gasteiger partial charge in [-0.2, -0.15) is 5.10 Å². The SMILES string of the molecule is Cc1c(C(=O)NCC2(O)CCOCC2)cnn1-c1cccc(Cl)c1. The number of carbonyl (C=O) groups is 1. The first kappa shape index (κ1) is 17.0. The van der Waals surface area contributed by atoms with Crippen LogP contribution in [0, 0.1) is 6.92 Å². The van der Waals surface area contributed by atoms with Gasteiger partial charge in [0.25, 0.3) is 5.91 Å². The first-order valence-corrected chi connectivity index (χ1v) is 8.25. The molecule has 0 unspecified atom stereocenters. The molecule has 0 atom stereocenters. The zero-order valence-electron chi connectivity index (χ0n) is 13.5. The van der Waals surface area contributed by atoms with Crippen LogP contribution in [0.25, 0.3) is 5.69 Å². The Bertz CT molecular complexity index is 738. The van der Waals surface area contributed by atoms with Crippen molar-refractivity contribution in [2.75, 3.05) is 19.8 Å². The third-order valence-corrected chi connectivity index (χ3v) is 4.54. The molecule has 0 spiro atoms. The highest BCUT2D eigenvalue weighted by Crippen LogP contribution is 2.20. The molecule has 1 aliphatic heterocycles. The normalized spacial score (nSPS) is 16.8. The second-order valence-electron chi connectivity index (χ2n) is 6.05. The van der Waals surface area contributed by atoms with Crippen molar-refractivity contribution in [1.82, 2.24) is 15.1 Å². The van der Waals surface area contributed by atoms with E-state index in [1.807, 2.05) is 19.1 Å². The van der Waals surface area contributed by atoms with Crippen LogP contribution in [0.15, 0.2) is 30.5 Å². The molecule has 1 saturated heterocycles. The molecule has 1 fully saturated rings. The number of benzene rings is 1. The third kappa shape index (κ3) is 3.61. The molecule has 0 saturated carbocycles. The molecule has 24 heavy (non-hydrogen) atoms. The highest BCUT2D eigenvalue weighted by atomic mass is 35.5.